The molecular formula is C14H16FNO3S. The lowest BCUT2D eigenvalue weighted by Gasteiger charge is -2.05. The smallest absolute Gasteiger partial charge is 0.310 e. The zero-order valence-corrected chi connectivity index (χ0v) is 12.2. The van der Waals surface area contributed by atoms with Crippen LogP contribution in [0.1, 0.15) is 11.3 Å². The van der Waals surface area contributed by atoms with Gasteiger partial charge in [-0.15, -0.1) is 0 Å². The van der Waals surface area contributed by atoms with Crippen LogP contribution in [0.5, 0.6) is 5.75 Å². The number of aromatic nitrogens is 1. The molecule has 0 spiro atoms. The Morgan fingerprint density at radius 3 is 2.85 bits per heavy atom. The van der Waals surface area contributed by atoms with Crippen LogP contribution in [-0.4, -0.2) is 30.4 Å². The van der Waals surface area contributed by atoms with Crippen molar-refractivity contribution in [3.63, 3.8) is 0 Å². The summed E-state index contributed by atoms with van der Waals surface area (Å²) in [7, 11) is 1.41. The van der Waals surface area contributed by atoms with Gasteiger partial charge in [-0.05, 0) is 18.6 Å². The molecule has 0 unspecified atom stereocenters. The van der Waals surface area contributed by atoms with Gasteiger partial charge in [0, 0.05) is 28.4 Å². The van der Waals surface area contributed by atoms with Gasteiger partial charge in [0.2, 0.25) is 0 Å². The molecule has 1 heterocycles. The summed E-state index contributed by atoms with van der Waals surface area (Å²) in [5.74, 6) is -0.129. The fraction of sp³-hybridized carbons (Fsp3) is 0.357. The van der Waals surface area contributed by atoms with Gasteiger partial charge in [0.05, 0.1) is 13.5 Å². The Balaban J connectivity index is 2.37. The zero-order valence-electron chi connectivity index (χ0n) is 11.3. The van der Waals surface area contributed by atoms with E-state index in [1.807, 2.05) is 6.92 Å². The predicted octanol–water partition coefficient (Wildman–Crippen LogP) is 2.64. The van der Waals surface area contributed by atoms with Crippen molar-refractivity contribution in [2.45, 2.75) is 13.3 Å². The molecule has 0 aliphatic heterocycles. The number of benzene rings is 1. The Hall–Kier alpha value is -1.69. The number of carbonyl (C=O) groups is 1. The van der Waals surface area contributed by atoms with E-state index in [9.17, 15) is 9.18 Å². The molecule has 0 saturated carbocycles. The molecular weight excluding hydrogens is 281 g/mol. The molecule has 1 aromatic carbocycles. The lowest BCUT2D eigenvalue weighted by atomic mass is 10.1. The molecule has 0 fully saturated rings. The highest BCUT2D eigenvalue weighted by Gasteiger charge is 2.16. The van der Waals surface area contributed by atoms with Gasteiger partial charge < -0.3 is 14.5 Å². The number of halogens is 1. The molecule has 20 heavy (non-hydrogen) atoms. The number of carbonyl (C=O) groups excluding carboxylic acids is 1. The van der Waals surface area contributed by atoms with Crippen LogP contribution < -0.4 is 4.74 Å². The second kappa shape index (κ2) is 6.17. The van der Waals surface area contributed by atoms with Crippen molar-refractivity contribution in [3.8, 4) is 5.75 Å². The van der Waals surface area contributed by atoms with Crippen molar-refractivity contribution in [3.05, 3.63) is 29.2 Å². The summed E-state index contributed by atoms with van der Waals surface area (Å²) in [6.07, 6.45) is 0.133. The minimum atomic E-state index is -0.439. The van der Waals surface area contributed by atoms with Crippen molar-refractivity contribution in [1.29, 1.82) is 0 Å². The number of rotatable bonds is 5. The summed E-state index contributed by atoms with van der Waals surface area (Å²) in [6, 6.07) is 2.96. The van der Waals surface area contributed by atoms with Gasteiger partial charge in [0.1, 0.15) is 6.61 Å². The average Bonchev–Trinajstić information content (AvgIpc) is 2.71. The third-order valence-corrected chi connectivity index (χ3v) is 3.25. The first-order valence-corrected chi connectivity index (χ1v) is 6.81. The Morgan fingerprint density at radius 2 is 2.20 bits per heavy atom. The second-order valence-electron chi connectivity index (χ2n) is 4.38. The largest absolute Gasteiger partial charge is 0.494 e. The van der Waals surface area contributed by atoms with Gasteiger partial charge in [-0.2, -0.15) is 12.6 Å². The predicted molar refractivity (Wildman–Crippen MR) is 78.1 cm³/mol. The minimum Gasteiger partial charge on any atom is -0.494 e. The van der Waals surface area contributed by atoms with Gasteiger partial charge in [0.15, 0.2) is 11.6 Å². The van der Waals surface area contributed by atoms with E-state index in [1.54, 1.807) is 6.07 Å². The SMILES string of the molecule is COc1cc2c(CC(=O)OCCS)c(C)[nH]c2cc1F. The first-order chi connectivity index (χ1) is 9.56. The molecule has 0 aliphatic carbocycles. The number of ether oxygens (including phenoxy) is 2. The Labute approximate surface area is 121 Å². The number of nitrogens with one attached hydrogen (secondary N) is 1. The van der Waals surface area contributed by atoms with Crippen LogP contribution in [0.15, 0.2) is 12.1 Å². The summed E-state index contributed by atoms with van der Waals surface area (Å²) >= 11 is 3.98. The average molecular weight is 297 g/mol. The molecule has 1 aromatic heterocycles. The van der Waals surface area contributed by atoms with E-state index in [2.05, 4.69) is 17.6 Å². The first-order valence-electron chi connectivity index (χ1n) is 6.18. The molecule has 2 rings (SSSR count). The summed E-state index contributed by atoms with van der Waals surface area (Å²) < 4.78 is 23.6. The van der Waals surface area contributed by atoms with Crippen LogP contribution in [0.4, 0.5) is 4.39 Å². The van der Waals surface area contributed by atoms with Crippen molar-refractivity contribution >= 4 is 29.5 Å². The molecule has 0 saturated heterocycles. The van der Waals surface area contributed by atoms with E-state index >= 15 is 0 Å². The molecule has 6 heteroatoms. The van der Waals surface area contributed by atoms with Crippen LogP contribution in [-0.2, 0) is 16.0 Å². The minimum absolute atomic E-state index is 0.133. The Morgan fingerprint density at radius 1 is 1.45 bits per heavy atom. The molecule has 2 aromatic rings. The fourth-order valence-electron chi connectivity index (χ4n) is 2.13. The maximum atomic E-state index is 13.6. The second-order valence-corrected chi connectivity index (χ2v) is 4.83. The van der Waals surface area contributed by atoms with Gasteiger partial charge >= 0.3 is 5.97 Å². The first kappa shape index (κ1) is 14.7. The fourth-order valence-corrected chi connectivity index (χ4v) is 2.22. The van der Waals surface area contributed by atoms with Crippen LogP contribution in [0.2, 0.25) is 0 Å². The molecule has 1 N–H and O–H groups in total. The summed E-state index contributed by atoms with van der Waals surface area (Å²) in [5, 5.41) is 0.767. The molecule has 0 amide bonds. The number of aryl methyl sites for hydroxylation is 1. The third-order valence-electron chi connectivity index (χ3n) is 3.07. The van der Waals surface area contributed by atoms with Gasteiger partial charge in [-0.3, -0.25) is 4.79 Å². The highest BCUT2D eigenvalue weighted by atomic mass is 32.1. The Kier molecular flexibility index (Phi) is 4.54. The van der Waals surface area contributed by atoms with Crippen molar-refractivity contribution in [2.75, 3.05) is 19.5 Å². The number of esters is 1. The summed E-state index contributed by atoms with van der Waals surface area (Å²) in [4.78, 5) is 14.8. The van der Waals surface area contributed by atoms with Crippen LogP contribution in [0.25, 0.3) is 10.9 Å². The highest BCUT2D eigenvalue weighted by molar-refractivity contribution is 7.80. The van der Waals surface area contributed by atoms with Gasteiger partial charge in [-0.1, -0.05) is 0 Å². The highest BCUT2D eigenvalue weighted by Crippen LogP contribution is 2.29. The number of fused-ring (bicyclic) bond motifs is 1. The van der Waals surface area contributed by atoms with Crippen molar-refractivity contribution in [1.82, 2.24) is 4.98 Å². The maximum Gasteiger partial charge on any atom is 0.310 e. The normalized spacial score (nSPS) is 10.8. The summed E-state index contributed by atoms with van der Waals surface area (Å²) in [5.41, 5.74) is 2.25. The standard InChI is InChI=1S/C14H16FNO3S/c1-8-9(6-14(17)19-3-4-20)10-5-13(18-2)11(15)7-12(10)16-8/h5,7,16,20H,3-4,6H2,1-2H3. The number of hydrogen-bond donors (Lipinski definition) is 2. The quantitative estimate of drug-likeness (QED) is 0.659. The number of thiol groups is 1. The van der Waals surface area contributed by atoms with Crippen molar-refractivity contribution < 1.29 is 18.7 Å². The number of hydrogen-bond acceptors (Lipinski definition) is 4. The van der Waals surface area contributed by atoms with Crippen molar-refractivity contribution in [2.24, 2.45) is 0 Å². The molecule has 0 radical (unpaired) electrons. The molecule has 108 valence electrons. The third kappa shape index (κ3) is 2.90. The molecule has 4 nitrogen and oxygen atoms in total. The zero-order chi connectivity index (χ0) is 14.7. The monoisotopic (exact) mass is 297 g/mol. The van der Waals surface area contributed by atoms with Gasteiger partial charge in [0.25, 0.3) is 0 Å². The Bertz CT molecular complexity index is 639. The molecule has 0 aliphatic rings. The van der Waals surface area contributed by atoms with Crippen LogP contribution in [0.3, 0.4) is 0 Å². The van der Waals surface area contributed by atoms with E-state index in [1.165, 1.54) is 13.2 Å². The lowest BCUT2D eigenvalue weighted by molar-refractivity contribution is -0.142. The lowest BCUT2D eigenvalue weighted by Crippen LogP contribution is -2.10. The van der Waals surface area contributed by atoms with Gasteiger partial charge in [-0.25, -0.2) is 4.39 Å². The number of methoxy groups -OCH3 is 1. The van der Waals surface area contributed by atoms with E-state index in [4.69, 9.17) is 9.47 Å². The number of aromatic amines is 1. The maximum absolute atomic E-state index is 13.6. The van der Waals surface area contributed by atoms with E-state index in [-0.39, 0.29) is 24.7 Å². The van der Waals surface area contributed by atoms with E-state index in [0.29, 0.717) is 11.3 Å². The molecule has 0 bridgehead atoms. The number of H-pyrrole nitrogens is 1. The van der Waals surface area contributed by atoms with E-state index < -0.39 is 5.82 Å². The van der Waals surface area contributed by atoms with E-state index in [0.717, 1.165) is 16.6 Å². The molecule has 0 atom stereocenters. The van der Waals surface area contributed by atoms with Crippen LogP contribution >= 0.6 is 12.6 Å². The summed E-state index contributed by atoms with van der Waals surface area (Å²) in [6.45, 7) is 2.12. The van der Waals surface area contributed by atoms with Crippen LogP contribution in [0, 0.1) is 12.7 Å². The topological polar surface area (TPSA) is 51.3 Å².